The van der Waals surface area contributed by atoms with E-state index < -0.39 is 29.7 Å². The van der Waals surface area contributed by atoms with Crippen LogP contribution in [-0.4, -0.2) is 41.0 Å². The Labute approximate surface area is 223 Å². The van der Waals surface area contributed by atoms with Gasteiger partial charge in [0.15, 0.2) is 0 Å². The molecule has 0 spiro atoms. The summed E-state index contributed by atoms with van der Waals surface area (Å²) in [5, 5.41) is 17.6. The highest BCUT2D eigenvalue weighted by molar-refractivity contribution is 5.85. The van der Waals surface area contributed by atoms with Crippen LogP contribution in [0.4, 0.5) is 19.0 Å². The van der Waals surface area contributed by atoms with Crippen LogP contribution in [0.15, 0.2) is 72.9 Å². The first-order chi connectivity index (χ1) is 18.6. The molecule has 3 aromatic rings. The van der Waals surface area contributed by atoms with Crippen molar-refractivity contribution in [3.8, 4) is 11.1 Å². The molecular formula is C28H29F3N4O4. The zero-order valence-electron chi connectivity index (χ0n) is 21.0. The molecule has 1 heterocycles. The van der Waals surface area contributed by atoms with Gasteiger partial charge in [-0.15, -0.1) is 0 Å². The van der Waals surface area contributed by atoms with Gasteiger partial charge in [0.25, 0.3) is 0 Å². The van der Waals surface area contributed by atoms with Crippen LogP contribution in [0.1, 0.15) is 42.9 Å². The third-order valence-corrected chi connectivity index (χ3v) is 5.82. The summed E-state index contributed by atoms with van der Waals surface area (Å²) < 4.78 is 38.4. The SMILES string of the molecule is O=C(O)CC(NC(=O)CNC(=O)CCCCNc1ccccn1)c1ccc(-c2ccc(C(F)(F)F)cc2)cc1. The smallest absolute Gasteiger partial charge is 0.416 e. The van der Waals surface area contributed by atoms with Gasteiger partial charge in [-0.1, -0.05) is 42.5 Å². The molecule has 0 saturated carbocycles. The third kappa shape index (κ3) is 9.76. The third-order valence-electron chi connectivity index (χ3n) is 5.82. The number of pyridine rings is 1. The number of halogens is 3. The topological polar surface area (TPSA) is 120 Å². The largest absolute Gasteiger partial charge is 0.481 e. The van der Waals surface area contributed by atoms with E-state index in [1.165, 1.54) is 12.1 Å². The van der Waals surface area contributed by atoms with Crippen LogP contribution in [0.3, 0.4) is 0 Å². The fraction of sp³-hybridized carbons (Fsp3) is 0.286. The van der Waals surface area contributed by atoms with Gasteiger partial charge in [0, 0.05) is 19.2 Å². The van der Waals surface area contributed by atoms with Crippen LogP contribution in [0.25, 0.3) is 11.1 Å². The fourth-order valence-electron chi connectivity index (χ4n) is 3.79. The van der Waals surface area contributed by atoms with Crippen molar-refractivity contribution in [3.63, 3.8) is 0 Å². The first-order valence-electron chi connectivity index (χ1n) is 12.3. The van der Waals surface area contributed by atoms with Gasteiger partial charge in [-0.05, 0) is 53.8 Å². The van der Waals surface area contributed by atoms with Crippen molar-refractivity contribution in [2.45, 2.75) is 37.9 Å². The minimum Gasteiger partial charge on any atom is -0.481 e. The van der Waals surface area contributed by atoms with Crippen LogP contribution in [0.2, 0.25) is 0 Å². The number of benzene rings is 2. The molecule has 3 rings (SSSR count). The van der Waals surface area contributed by atoms with Crippen LogP contribution in [0, 0.1) is 0 Å². The molecule has 1 atom stereocenters. The molecular weight excluding hydrogens is 513 g/mol. The number of amides is 2. The van der Waals surface area contributed by atoms with Crippen molar-refractivity contribution in [1.82, 2.24) is 15.6 Å². The van der Waals surface area contributed by atoms with E-state index in [-0.39, 0.29) is 25.3 Å². The highest BCUT2D eigenvalue weighted by atomic mass is 19.4. The molecule has 0 saturated heterocycles. The van der Waals surface area contributed by atoms with Crippen molar-refractivity contribution in [2.24, 2.45) is 0 Å². The number of nitrogens with one attached hydrogen (secondary N) is 3. The summed E-state index contributed by atoms with van der Waals surface area (Å²) in [4.78, 5) is 40.0. The molecule has 1 aromatic heterocycles. The van der Waals surface area contributed by atoms with E-state index in [9.17, 15) is 32.7 Å². The van der Waals surface area contributed by atoms with Gasteiger partial charge in [-0.2, -0.15) is 13.2 Å². The van der Waals surface area contributed by atoms with E-state index in [2.05, 4.69) is 20.9 Å². The summed E-state index contributed by atoms with van der Waals surface area (Å²) in [5.41, 5.74) is 0.948. The van der Waals surface area contributed by atoms with E-state index in [0.29, 0.717) is 29.7 Å². The number of anilines is 1. The Balaban J connectivity index is 1.47. The number of rotatable bonds is 13. The number of carboxylic acid groups (broad SMARTS) is 1. The van der Waals surface area contributed by atoms with Gasteiger partial charge < -0.3 is 21.1 Å². The first kappa shape index (κ1) is 29.2. The summed E-state index contributed by atoms with van der Waals surface area (Å²) in [6.45, 7) is 0.351. The molecule has 2 aromatic carbocycles. The lowest BCUT2D eigenvalue weighted by Crippen LogP contribution is -2.39. The Hall–Kier alpha value is -4.41. The van der Waals surface area contributed by atoms with Gasteiger partial charge in [0.1, 0.15) is 5.82 Å². The number of carboxylic acids is 1. The maximum atomic E-state index is 12.8. The quantitative estimate of drug-likeness (QED) is 0.230. The van der Waals surface area contributed by atoms with Crippen LogP contribution in [0.5, 0.6) is 0 Å². The molecule has 39 heavy (non-hydrogen) atoms. The summed E-state index contributed by atoms with van der Waals surface area (Å²) in [5.74, 6) is -1.21. The van der Waals surface area contributed by atoms with Crippen molar-refractivity contribution < 1.29 is 32.7 Å². The lowest BCUT2D eigenvalue weighted by molar-refractivity contribution is -0.138. The normalized spacial score (nSPS) is 11.9. The summed E-state index contributed by atoms with van der Waals surface area (Å²) in [7, 11) is 0. The standard InChI is InChI=1S/C28H29F3N4O4/c29-28(30,31)22-13-11-20(12-14-22)19-7-9-21(10-8-19)23(17-27(38)39)35-26(37)18-34-25(36)6-2-4-16-33-24-5-1-3-15-32-24/h1,3,5,7-15,23H,2,4,6,16-18H2,(H,32,33)(H,34,36)(H,35,37)(H,38,39). The van der Waals surface area contributed by atoms with Crippen molar-refractivity contribution in [3.05, 3.63) is 84.1 Å². The molecule has 206 valence electrons. The van der Waals surface area contributed by atoms with Gasteiger partial charge >= 0.3 is 12.1 Å². The van der Waals surface area contributed by atoms with Crippen molar-refractivity contribution >= 4 is 23.6 Å². The van der Waals surface area contributed by atoms with Crippen molar-refractivity contribution in [1.29, 1.82) is 0 Å². The summed E-state index contributed by atoms with van der Waals surface area (Å²) in [6, 6.07) is 15.9. The molecule has 2 amide bonds. The number of aromatic nitrogens is 1. The monoisotopic (exact) mass is 542 g/mol. The summed E-state index contributed by atoms with van der Waals surface area (Å²) >= 11 is 0. The average molecular weight is 543 g/mol. The molecule has 0 fully saturated rings. The predicted octanol–water partition coefficient (Wildman–Crippen LogP) is 4.80. The Kier molecular flexibility index (Phi) is 10.4. The molecule has 11 heteroatoms. The first-order valence-corrected chi connectivity index (χ1v) is 12.3. The number of carbonyl (C=O) groups excluding carboxylic acids is 2. The Morgan fingerprint density at radius 2 is 1.54 bits per heavy atom. The number of aliphatic carboxylic acids is 1. The lowest BCUT2D eigenvalue weighted by atomic mass is 9.98. The second-order valence-corrected chi connectivity index (χ2v) is 8.79. The average Bonchev–Trinajstić information content (AvgIpc) is 2.91. The maximum Gasteiger partial charge on any atom is 0.416 e. The van der Waals surface area contributed by atoms with E-state index >= 15 is 0 Å². The highest BCUT2D eigenvalue weighted by Gasteiger charge is 2.30. The maximum absolute atomic E-state index is 12.8. The number of carbonyl (C=O) groups is 3. The zero-order valence-corrected chi connectivity index (χ0v) is 21.0. The molecule has 0 aliphatic carbocycles. The minimum absolute atomic E-state index is 0.237. The number of hydrogen-bond acceptors (Lipinski definition) is 5. The molecule has 0 bridgehead atoms. The van der Waals surface area contributed by atoms with Gasteiger partial charge in [0.2, 0.25) is 11.8 Å². The zero-order chi connectivity index (χ0) is 28.3. The molecule has 8 nitrogen and oxygen atoms in total. The molecule has 0 radical (unpaired) electrons. The van der Waals surface area contributed by atoms with Crippen LogP contribution >= 0.6 is 0 Å². The molecule has 0 aliphatic rings. The number of alkyl halides is 3. The Morgan fingerprint density at radius 3 is 2.13 bits per heavy atom. The van der Waals surface area contributed by atoms with Gasteiger partial charge in [-0.25, -0.2) is 4.98 Å². The van der Waals surface area contributed by atoms with E-state index in [4.69, 9.17) is 0 Å². The van der Waals surface area contributed by atoms with Crippen LogP contribution < -0.4 is 16.0 Å². The number of hydrogen-bond donors (Lipinski definition) is 4. The fourth-order valence-corrected chi connectivity index (χ4v) is 3.79. The van der Waals surface area contributed by atoms with Gasteiger partial charge in [0.05, 0.1) is 24.6 Å². The van der Waals surface area contributed by atoms with Crippen molar-refractivity contribution in [2.75, 3.05) is 18.4 Å². The van der Waals surface area contributed by atoms with E-state index in [1.807, 2.05) is 18.2 Å². The molecule has 1 unspecified atom stereocenters. The van der Waals surface area contributed by atoms with Gasteiger partial charge in [-0.3, -0.25) is 14.4 Å². The van der Waals surface area contributed by atoms with E-state index in [1.54, 1.807) is 30.5 Å². The van der Waals surface area contributed by atoms with E-state index in [0.717, 1.165) is 24.4 Å². The Bertz CT molecular complexity index is 1230. The second kappa shape index (κ2) is 13.9. The lowest BCUT2D eigenvalue weighted by Gasteiger charge is -2.18. The highest BCUT2D eigenvalue weighted by Crippen LogP contribution is 2.31. The molecule has 4 N–H and O–H groups in total. The Morgan fingerprint density at radius 1 is 0.872 bits per heavy atom. The second-order valence-electron chi connectivity index (χ2n) is 8.79. The van der Waals surface area contributed by atoms with Crippen LogP contribution in [-0.2, 0) is 20.6 Å². The summed E-state index contributed by atoms with van der Waals surface area (Å²) in [6.07, 6.45) is -1.55. The number of unbranched alkanes of at least 4 members (excludes halogenated alkanes) is 1. The molecule has 0 aliphatic heterocycles. The minimum atomic E-state index is -4.43. The number of nitrogens with zero attached hydrogens (tertiary/aromatic N) is 1. The predicted molar refractivity (Wildman–Crippen MR) is 140 cm³/mol.